The average Bonchev–Trinajstić information content (AvgIpc) is 3.52. The molecule has 198 valence electrons. The summed E-state index contributed by atoms with van der Waals surface area (Å²) >= 11 is 5.95. The van der Waals surface area contributed by atoms with Gasteiger partial charge in [0.15, 0.2) is 17.5 Å². The van der Waals surface area contributed by atoms with E-state index in [1.807, 2.05) is 12.1 Å². The second-order valence-electron chi connectivity index (χ2n) is 9.02. The zero-order chi connectivity index (χ0) is 26.3. The lowest BCUT2D eigenvalue weighted by molar-refractivity contribution is -0.345. The van der Waals surface area contributed by atoms with E-state index in [4.69, 9.17) is 21.1 Å². The van der Waals surface area contributed by atoms with Gasteiger partial charge in [-0.15, -0.1) is 5.10 Å². The van der Waals surface area contributed by atoms with Crippen LogP contribution in [0.5, 0.6) is 0 Å². The summed E-state index contributed by atoms with van der Waals surface area (Å²) in [6.45, 7) is 0.0393. The highest BCUT2D eigenvalue weighted by Crippen LogP contribution is 2.43. The molecule has 13 heteroatoms. The van der Waals surface area contributed by atoms with E-state index in [0.717, 1.165) is 22.4 Å². The number of benzene rings is 2. The molecule has 37 heavy (non-hydrogen) atoms. The Hall–Kier alpha value is -2.58. The summed E-state index contributed by atoms with van der Waals surface area (Å²) in [6.07, 6.45) is -2.38. The fourth-order valence-electron chi connectivity index (χ4n) is 4.86. The summed E-state index contributed by atoms with van der Waals surface area (Å²) in [4.78, 5) is 0. The van der Waals surface area contributed by atoms with Crippen molar-refractivity contribution >= 4 is 11.6 Å². The van der Waals surface area contributed by atoms with Crippen molar-refractivity contribution in [1.29, 1.82) is 0 Å². The SMILES string of the molecule is OC[C@H]1O[C@]2(OCC[C@H]2NCc2ccc(Cl)cc2)C(O)C(n2cc(-c3cc(F)c(F)c(F)c3)nn2)[C@H]1O. The van der Waals surface area contributed by atoms with Gasteiger partial charge >= 0.3 is 0 Å². The topological polar surface area (TPSA) is 122 Å². The van der Waals surface area contributed by atoms with E-state index >= 15 is 0 Å². The fourth-order valence-corrected chi connectivity index (χ4v) is 4.98. The molecule has 1 aromatic heterocycles. The summed E-state index contributed by atoms with van der Waals surface area (Å²) in [5.41, 5.74) is 0.807. The molecule has 3 aromatic rings. The number of rotatable bonds is 6. The first-order chi connectivity index (χ1) is 17.7. The van der Waals surface area contributed by atoms with Crippen LogP contribution in [0.2, 0.25) is 5.02 Å². The van der Waals surface area contributed by atoms with Crippen molar-refractivity contribution in [2.45, 2.75) is 49.1 Å². The van der Waals surface area contributed by atoms with Crippen molar-refractivity contribution in [2.75, 3.05) is 13.2 Å². The van der Waals surface area contributed by atoms with Gasteiger partial charge in [-0.3, -0.25) is 0 Å². The Morgan fingerprint density at radius 3 is 2.51 bits per heavy atom. The number of hydrogen-bond donors (Lipinski definition) is 4. The van der Waals surface area contributed by atoms with Crippen LogP contribution in [0.15, 0.2) is 42.6 Å². The van der Waals surface area contributed by atoms with Gasteiger partial charge in [-0.2, -0.15) is 0 Å². The maximum atomic E-state index is 13.7. The molecule has 0 bridgehead atoms. The van der Waals surface area contributed by atoms with Gasteiger partial charge in [-0.1, -0.05) is 28.9 Å². The maximum Gasteiger partial charge on any atom is 0.213 e. The first-order valence-electron chi connectivity index (χ1n) is 11.6. The van der Waals surface area contributed by atoms with E-state index in [9.17, 15) is 28.5 Å². The van der Waals surface area contributed by atoms with Gasteiger partial charge in [-0.25, -0.2) is 17.9 Å². The molecule has 2 saturated heterocycles. The Bertz CT molecular complexity index is 1240. The number of halogens is 4. The van der Waals surface area contributed by atoms with Crippen molar-refractivity contribution in [3.63, 3.8) is 0 Å². The van der Waals surface area contributed by atoms with Gasteiger partial charge in [0.25, 0.3) is 0 Å². The number of aliphatic hydroxyl groups excluding tert-OH is 3. The molecule has 6 atom stereocenters. The summed E-state index contributed by atoms with van der Waals surface area (Å²) in [7, 11) is 0. The summed E-state index contributed by atoms with van der Waals surface area (Å²) in [5.74, 6) is -6.06. The molecule has 3 heterocycles. The fraction of sp³-hybridized carbons (Fsp3) is 0.417. The van der Waals surface area contributed by atoms with Crippen molar-refractivity contribution in [2.24, 2.45) is 0 Å². The van der Waals surface area contributed by atoms with Crippen LogP contribution < -0.4 is 5.32 Å². The first-order valence-corrected chi connectivity index (χ1v) is 11.9. The molecule has 4 N–H and O–H groups in total. The zero-order valence-electron chi connectivity index (χ0n) is 19.3. The molecule has 9 nitrogen and oxygen atoms in total. The predicted octanol–water partition coefficient (Wildman–Crippen LogP) is 1.94. The molecule has 2 fully saturated rings. The molecule has 2 aromatic carbocycles. The molecule has 2 unspecified atom stereocenters. The lowest BCUT2D eigenvalue weighted by atomic mass is 9.86. The third-order valence-electron chi connectivity index (χ3n) is 6.76. The molecule has 0 amide bonds. The Morgan fingerprint density at radius 1 is 1.14 bits per heavy atom. The van der Waals surface area contributed by atoms with Crippen LogP contribution in [0.4, 0.5) is 13.2 Å². The molecular weight excluding hydrogens is 517 g/mol. The highest BCUT2D eigenvalue weighted by molar-refractivity contribution is 6.30. The van der Waals surface area contributed by atoms with Crippen LogP contribution >= 0.6 is 11.6 Å². The number of aromatic nitrogens is 3. The van der Waals surface area contributed by atoms with E-state index in [1.54, 1.807) is 12.1 Å². The van der Waals surface area contributed by atoms with E-state index in [2.05, 4.69) is 15.6 Å². The van der Waals surface area contributed by atoms with E-state index in [1.165, 1.54) is 6.20 Å². The Balaban J connectivity index is 1.44. The number of nitrogens with zero attached hydrogens (tertiary/aromatic N) is 3. The highest BCUT2D eigenvalue weighted by Gasteiger charge is 2.61. The molecule has 5 rings (SSSR count). The lowest BCUT2D eigenvalue weighted by Crippen LogP contribution is -2.68. The summed E-state index contributed by atoms with van der Waals surface area (Å²) in [6, 6.07) is 6.97. The molecule has 0 saturated carbocycles. The number of ether oxygens (including phenoxy) is 2. The number of nitrogens with one attached hydrogen (secondary N) is 1. The van der Waals surface area contributed by atoms with E-state index in [-0.39, 0.29) is 17.9 Å². The average molecular weight is 541 g/mol. The van der Waals surface area contributed by atoms with E-state index in [0.29, 0.717) is 18.0 Å². The highest BCUT2D eigenvalue weighted by atomic mass is 35.5. The molecule has 0 aliphatic carbocycles. The van der Waals surface area contributed by atoms with Crippen LogP contribution in [0.3, 0.4) is 0 Å². The second kappa shape index (κ2) is 10.3. The Labute approximate surface area is 214 Å². The van der Waals surface area contributed by atoms with Crippen molar-refractivity contribution < 1.29 is 38.0 Å². The third-order valence-corrected chi connectivity index (χ3v) is 7.02. The second-order valence-corrected chi connectivity index (χ2v) is 9.46. The monoisotopic (exact) mass is 540 g/mol. The van der Waals surface area contributed by atoms with Gasteiger partial charge in [0.1, 0.15) is 30.0 Å². The standard InChI is InChI=1S/C24H24ClF3N4O5/c25-14-3-1-12(2-4-14)9-29-19-5-6-36-24(19)23(35)21(22(34)18(11-33)37-24)32-10-17(30-31-32)13-7-15(26)20(28)16(27)8-13/h1-4,7-8,10,18-19,21-23,29,33-35H,5-6,9,11H2/t18-,19-,21?,22+,23?,24+/m1/s1. The van der Waals surface area contributed by atoms with Crippen LogP contribution in [0.25, 0.3) is 11.3 Å². The minimum Gasteiger partial charge on any atom is -0.394 e. The molecule has 2 aliphatic heterocycles. The number of hydrogen-bond acceptors (Lipinski definition) is 8. The molecule has 1 spiro atoms. The normalized spacial score (nSPS) is 29.8. The molecule has 0 radical (unpaired) electrons. The van der Waals surface area contributed by atoms with Crippen molar-refractivity contribution in [3.8, 4) is 11.3 Å². The van der Waals surface area contributed by atoms with Gasteiger partial charge < -0.3 is 30.1 Å². The van der Waals surface area contributed by atoms with Gasteiger partial charge in [0.2, 0.25) is 5.79 Å². The minimum absolute atomic E-state index is 0.0250. The van der Waals surface area contributed by atoms with Gasteiger partial charge in [0.05, 0.1) is 25.5 Å². The predicted molar refractivity (Wildman–Crippen MR) is 124 cm³/mol. The molecule has 2 aliphatic rings. The van der Waals surface area contributed by atoms with Crippen molar-refractivity contribution in [3.05, 3.63) is 70.6 Å². The van der Waals surface area contributed by atoms with Gasteiger partial charge in [0, 0.05) is 17.1 Å². The minimum atomic E-state index is -1.65. The number of aliphatic hydroxyl groups is 3. The third kappa shape index (κ3) is 4.74. The first kappa shape index (κ1) is 26.0. The zero-order valence-corrected chi connectivity index (χ0v) is 20.0. The van der Waals surface area contributed by atoms with E-state index < -0.39 is 60.2 Å². The summed E-state index contributed by atoms with van der Waals surface area (Å²) < 4.78 is 53.8. The van der Waals surface area contributed by atoms with Crippen molar-refractivity contribution in [1.82, 2.24) is 20.3 Å². The summed E-state index contributed by atoms with van der Waals surface area (Å²) in [5, 5.41) is 44.0. The quantitative estimate of drug-likeness (QED) is 0.350. The largest absolute Gasteiger partial charge is 0.394 e. The van der Waals surface area contributed by atoms with Crippen LogP contribution in [0.1, 0.15) is 18.0 Å². The van der Waals surface area contributed by atoms with Crippen LogP contribution in [-0.4, -0.2) is 73.7 Å². The van der Waals surface area contributed by atoms with Crippen LogP contribution in [0, 0.1) is 17.5 Å². The Kier molecular flexibility index (Phi) is 7.24. The van der Waals surface area contributed by atoms with Gasteiger partial charge in [-0.05, 0) is 36.2 Å². The molecular formula is C24H24ClF3N4O5. The lowest BCUT2D eigenvalue weighted by Gasteiger charge is -2.49. The smallest absolute Gasteiger partial charge is 0.213 e. The van der Waals surface area contributed by atoms with Crippen LogP contribution in [-0.2, 0) is 16.0 Å². The maximum absolute atomic E-state index is 13.7. The Morgan fingerprint density at radius 2 is 1.84 bits per heavy atom.